The second-order valence-electron chi connectivity index (χ2n) is 5.70. The fraction of sp³-hybridized carbons (Fsp3) is 0.500. The van der Waals surface area contributed by atoms with Crippen LogP contribution in [0.15, 0.2) is 24.5 Å². The van der Waals surface area contributed by atoms with Crippen molar-refractivity contribution in [2.24, 2.45) is 5.41 Å². The lowest BCUT2D eigenvalue weighted by Gasteiger charge is -2.21. The molecule has 0 saturated carbocycles. The van der Waals surface area contributed by atoms with Crippen LogP contribution < -0.4 is 5.32 Å². The van der Waals surface area contributed by atoms with Crippen molar-refractivity contribution in [1.82, 2.24) is 10.3 Å². The first kappa shape index (κ1) is 15.1. The average molecular weight is 264 g/mol. The van der Waals surface area contributed by atoms with Crippen LogP contribution in [0.3, 0.4) is 0 Å². The van der Waals surface area contributed by atoms with Gasteiger partial charge >= 0.3 is 5.97 Å². The molecule has 1 aromatic heterocycles. The first-order chi connectivity index (χ1) is 8.79. The highest BCUT2D eigenvalue weighted by molar-refractivity contribution is 5.96. The monoisotopic (exact) mass is 264 g/mol. The molecule has 0 aliphatic carbocycles. The van der Waals surface area contributed by atoms with Crippen LogP contribution >= 0.6 is 0 Å². The number of nitrogens with zero attached hydrogens (tertiary/aromatic N) is 1. The second-order valence-corrected chi connectivity index (χ2v) is 5.70. The second kappa shape index (κ2) is 6.31. The molecule has 1 amide bonds. The zero-order valence-corrected chi connectivity index (χ0v) is 11.5. The molecule has 0 spiro atoms. The molecule has 1 aromatic rings. The minimum absolute atomic E-state index is 0.0368. The summed E-state index contributed by atoms with van der Waals surface area (Å²) in [6, 6.07) is 2.25. The van der Waals surface area contributed by atoms with Crippen molar-refractivity contribution in [3.63, 3.8) is 0 Å². The van der Waals surface area contributed by atoms with Gasteiger partial charge in [0.15, 0.2) is 0 Å². The summed E-state index contributed by atoms with van der Waals surface area (Å²) in [7, 11) is 0. The molecular formula is C14H20N2O3. The van der Waals surface area contributed by atoms with Crippen LogP contribution in [0.4, 0.5) is 0 Å². The maximum Gasteiger partial charge on any atom is 0.326 e. The zero-order valence-electron chi connectivity index (χ0n) is 11.5. The van der Waals surface area contributed by atoms with Gasteiger partial charge in [-0.25, -0.2) is 4.79 Å². The van der Waals surface area contributed by atoms with Crippen molar-refractivity contribution in [3.8, 4) is 0 Å². The number of aliphatic carboxylic acids is 1. The Balaban J connectivity index is 2.64. The standard InChI is InChI=1S/C14H20N2O3/c1-14(2,3)7-4-11(13(18)19)16-12(17)10-5-8-15-9-6-10/h5-6,8-9,11H,4,7H2,1-3H3,(H,16,17)(H,18,19). The predicted octanol–water partition coefficient (Wildman–Crippen LogP) is 2.09. The number of carboxylic acids is 1. The fourth-order valence-electron chi connectivity index (χ4n) is 1.58. The smallest absolute Gasteiger partial charge is 0.326 e. The van der Waals surface area contributed by atoms with Crippen LogP contribution in [0.2, 0.25) is 0 Å². The van der Waals surface area contributed by atoms with Gasteiger partial charge in [0, 0.05) is 18.0 Å². The highest BCUT2D eigenvalue weighted by atomic mass is 16.4. The number of amides is 1. The molecular weight excluding hydrogens is 244 g/mol. The van der Waals surface area contributed by atoms with Gasteiger partial charge in [-0.05, 0) is 30.4 Å². The van der Waals surface area contributed by atoms with Gasteiger partial charge in [0.05, 0.1) is 0 Å². The van der Waals surface area contributed by atoms with Crippen LogP contribution in [0, 0.1) is 5.41 Å². The lowest BCUT2D eigenvalue weighted by atomic mass is 9.88. The van der Waals surface area contributed by atoms with E-state index in [1.165, 1.54) is 12.4 Å². The summed E-state index contributed by atoms with van der Waals surface area (Å²) in [5.74, 6) is -1.39. The number of pyridine rings is 1. The van der Waals surface area contributed by atoms with Crippen molar-refractivity contribution in [2.45, 2.75) is 39.7 Å². The summed E-state index contributed by atoms with van der Waals surface area (Å²) >= 11 is 0. The van der Waals surface area contributed by atoms with E-state index in [9.17, 15) is 9.59 Å². The van der Waals surface area contributed by atoms with Crippen molar-refractivity contribution in [1.29, 1.82) is 0 Å². The zero-order chi connectivity index (χ0) is 14.5. The number of carbonyl (C=O) groups is 2. The fourth-order valence-corrected chi connectivity index (χ4v) is 1.58. The van der Waals surface area contributed by atoms with Gasteiger partial charge in [-0.2, -0.15) is 0 Å². The maximum absolute atomic E-state index is 11.9. The van der Waals surface area contributed by atoms with Gasteiger partial charge in [-0.15, -0.1) is 0 Å². The molecule has 104 valence electrons. The molecule has 1 atom stereocenters. The van der Waals surface area contributed by atoms with Gasteiger partial charge in [0.25, 0.3) is 5.91 Å². The Morgan fingerprint density at radius 2 is 1.89 bits per heavy atom. The van der Waals surface area contributed by atoms with Crippen LogP contribution in [0.5, 0.6) is 0 Å². The summed E-state index contributed by atoms with van der Waals surface area (Å²) in [4.78, 5) is 26.9. The Kier molecular flexibility index (Phi) is 5.03. The largest absolute Gasteiger partial charge is 0.480 e. The van der Waals surface area contributed by atoms with Gasteiger partial charge in [-0.3, -0.25) is 9.78 Å². The molecule has 0 radical (unpaired) electrons. The first-order valence-corrected chi connectivity index (χ1v) is 6.23. The topological polar surface area (TPSA) is 79.3 Å². The van der Waals surface area contributed by atoms with Gasteiger partial charge in [0.2, 0.25) is 0 Å². The molecule has 1 rings (SSSR count). The molecule has 0 saturated heterocycles. The summed E-state index contributed by atoms with van der Waals surface area (Å²) in [6.07, 6.45) is 4.13. The first-order valence-electron chi connectivity index (χ1n) is 6.23. The number of rotatable bonds is 5. The van der Waals surface area contributed by atoms with Crippen molar-refractivity contribution >= 4 is 11.9 Å². The highest BCUT2D eigenvalue weighted by Gasteiger charge is 2.23. The van der Waals surface area contributed by atoms with E-state index in [0.29, 0.717) is 12.0 Å². The van der Waals surface area contributed by atoms with Gasteiger partial charge in [-0.1, -0.05) is 20.8 Å². The van der Waals surface area contributed by atoms with Crippen molar-refractivity contribution in [3.05, 3.63) is 30.1 Å². The third-order valence-electron chi connectivity index (χ3n) is 2.73. The maximum atomic E-state index is 11.9. The highest BCUT2D eigenvalue weighted by Crippen LogP contribution is 2.21. The summed E-state index contributed by atoms with van der Waals surface area (Å²) in [5, 5.41) is 11.7. The van der Waals surface area contributed by atoms with E-state index in [-0.39, 0.29) is 11.3 Å². The van der Waals surface area contributed by atoms with E-state index in [1.54, 1.807) is 12.1 Å². The molecule has 0 fully saturated rings. The molecule has 2 N–H and O–H groups in total. The van der Waals surface area contributed by atoms with E-state index in [1.807, 2.05) is 20.8 Å². The molecule has 0 aromatic carbocycles. The average Bonchev–Trinajstić information content (AvgIpc) is 2.33. The van der Waals surface area contributed by atoms with Crippen LogP contribution in [0.1, 0.15) is 44.0 Å². The van der Waals surface area contributed by atoms with Gasteiger partial charge in [0.1, 0.15) is 6.04 Å². The lowest BCUT2D eigenvalue weighted by molar-refractivity contribution is -0.139. The molecule has 1 heterocycles. The minimum atomic E-state index is -1.01. The SMILES string of the molecule is CC(C)(C)CCC(NC(=O)c1ccncc1)C(=O)O. The van der Waals surface area contributed by atoms with E-state index in [2.05, 4.69) is 10.3 Å². The third kappa shape index (κ3) is 5.50. The van der Waals surface area contributed by atoms with E-state index in [0.717, 1.165) is 6.42 Å². The van der Waals surface area contributed by atoms with Gasteiger partial charge < -0.3 is 10.4 Å². The molecule has 5 heteroatoms. The van der Waals surface area contributed by atoms with Crippen LogP contribution in [-0.2, 0) is 4.79 Å². The Bertz CT molecular complexity index is 438. The number of carboxylic acid groups (broad SMARTS) is 1. The summed E-state index contributed by atoms with van der Waals surface area (Å²) in [6.45, 7) is 6.11. The Morgan fingerprint density at radius 3 is 2.37 bits per heavy atom. The van der Waals surface area contributed by atoms with Crippen LogP contribution in [0.25, 0.3) is 0 Å². The number of hydrogen-bond donors (Lipinski definition) is 2. The minimum Gasteiger partial charge on any atom is -0.480 e. The molecule has 0 aliphatic heterocycles. The van der Waals surface area contributed by atoms with E-state index < -0.39 is 12.0 Å². The summed E-state index contributed by atoms with van der Waals surface area (Å²) in [5.41, 5.74) is 0.451. The molecule has 19 heavy (non-hydrogen) atoms. The van der Waals surface area contributed by atoms with E-state index >= 15 is 0 Å². The third-order valence-corrected chi connectivity index (χ3v) is 2.73. The molecule has 0 aliphatic rings. The number of nitrogens with one attached hydrogen (secondary N) is 1. The van der Waals surface area contributed by atoms with Crippen molar-refractivity contribution < 1.29 is 14.7 Å². The van der Waals surface area contributed by atoms with Crippen molar-refractivity contribution in [2.75, 3.05) is 0 Å². The number of carbonyl (C=O) groups excluding carboxylic acids is 1. The lowest BCUT2D eigenvalue weighted by Crippen LogP contribution is -2.41. The molecule has 1 unspecified atom stereocenters. The normalized spacial score (nSPS) is 12.8. The van der Waals surface area contributed by atoms with E-state index in [4.69, 9.17) is 5.11 Å². The Morgan fingerprint density at radius 1 is 1.32 bits per heavy atom. The predicted molar refractivity (Wildman–Crippen MR) is 71.8 cm³/mol. The molecule has 5 nitrogen and oxygen atoms in total. The quantitative estimate of drug-likeness (QED) is 0.853. The number of aromatic nitrogens is 1. The van der Waals surface area contributed by atoms with Crippen LogP contribution in [-0.4, -0.2) is 28.0 Å². The Labute approximate surface area is 113 Å². The molecule has 0 bridgehead atoms. The Hall–Kier alpha value is -1.91. The summed E-state index contributed by atoms with van der Waals surface area (Å²) < 4.78 is 0. The number of hydrogen-bond acceptors (Lipinski definition) is 3.